The molecule has 1 heterocycles. The SMILES string of the molecule is COc1ccc([C@@H]2CC(c3ccc4ccccc4c3)=NN2c2ccccc2)cc1. The van der Waals surface area contributed by atoms with Crippen molar-refractivity contribution in [3.8, 4) is 5.75 Å². The third kappa shape index (κ3) is 3.36. The molecule has 4 aromatic rings. The number of fused-ring (bicyclic) bond motifs is 1. The van der Waals surface area contributed by atoms with Crippen LogP contribution < -0.4 is 9.75 Å². The molecule has 0 aromatic heterocycles. The number of hydrogen-bond donors (Lipinski definition) is 0. The lowest BCUT2D eigenvalue weighted by Gasteiger charge is -2.24. The fourth-order valence-electron chi connectivity index (χ4n) is 3.96. The smallest absolute Gasteiger partial charge is 0.118 e. The normalized spacial score (nSPS) is 16.1. The van der Waals surface area contributed by atoms with Crippen molar-refractivity contribution in [2.45, 2.75) is 12.5 Å². The fourth-order valence-corrected chi connectivity index (χ4v) is 3.96. The standard InChI is InChI=1S/C26H22N2O/c1-29-24-15-13-20(14-16-24)26-18-25(27-28(26)23-9-3-2-4-10-23)22-12-11-19-7-5-6-8-21(19)17-22/h2-17,26H,18H2,1H3/t26-/m0/s1. The molecule has 5 rings (SSSR count). The Morgan fingerprint density at radius 1 is 0.793 bits per heavy atom. The predicted molar refractivity (Wildman–Crippen MR) is 120 cm³/mol. The Balaban J connectivity index is 1.55. The molecule has 0 saturated carbocycles. The largest absolute Gasteiger partial charge is 0.497 e. The Bertz CT molecular complexity index is 1170. The van der Waals surface area contributed by atoms with Crippen LogP contribution in [0, 0.1) is 0 Å². The first-order chi connectivity index (χ1) is 14.3. The lowest BCUT2D eigenvalue weighted by atomic mass is 9.96. The second kappa shape index (κ2) is 7.44. The van der Waals surface area contributed by atoms with E-state index in [4.69, 9.17) is 9.84 Å². The molecule has 1 atom stereocenters. The summed E-state index contributed by atoms with van der Waals surface area (Å²) in [5.41, 5.74) is 4.62. The third-order valence-corrected chi connectivity index (χ3v) is 5.51. The van der Waals surface area contributed by atoms with E-state index in [1.165, 1.54) is 21.9 Å². The molecular weight excluding hydrogens is 356 g/mol. The number of benzene rings is 4. The number of nitrogens with zero attached hydrogens (tertiary/aromatic N) is 2. The fraction of sp³-hybridized carbons (Fsp3) is 0.115. The molecule has 0 amide bonds. The van der Waals surface area contributed by atoms with Crippen LogP contribution in [-0.2, 0) is 0 Å². The van der Waals surface area contributed by atoms with Gasteiger partial charge in [0.2, 0.25) is 0 Å². The van der Waals surface area contributed by atoms with E-state index in [1.807, 2.05) is 18.2 Å². The Morgan fingerprint density at radius 2 is 1.52 bits per heavy atom. The second-order valence-corrected chi connectivity index (χ2v) is 7.28. The molecular formula is C26H22N2O. The van der Waals surface area contributed by atoms with Crippen LogP contribution in [0.5, 0.6) is 5.75 Å². The predicted octanol–water partition coefficient (Wildman–Crippen LogP) is 6.20. The van der Waals surface area contributed by atoms with E-state index >= 15 is 0 Å². The van der Waals surface area contributed by atoms with Gasteiger partial charge in [0.15, 0.2) is 0 Å². The molecule has 1 aliphatic rings. The van der Waals surface area contributed by atoms with Gasteiger partial charge in [0.1, 0.15) is 5.75 Å². The molecule has 29 heavy (non-hydrogen) atoms. The van der Waals surface area contributed by atoms with Crippen LogP contribution in [0.15, 0.2) is 102 Å². The number of anilines is 1. The molecule has 0 aliphatic carbocycles. The average Bonchev–Trinajstić information content (AvgIpc) is 3.25. The molecule has 0 spiro atoms. The summed E-state index contributed by atoms with van der Waals surface area (Å²) in [5.74, 6) is 0.869. The van der Waals surface area contributed by atoms with Crippen LogP contribution in [-0.4, -0.2) is 12.8 Å². The zero-order valence-electron chi connectivity index (χ0n) is 16.3. The Labute approximate surface area is 170 Å². The van der Waals surface area contributed by atoms with E-state index < -0.39 is 0 Å². The van der Waals surface area contributed by atoms with Gasteiger partial charge in [0.05, 0.1) is 24.6 Å². The number of ether oxygens (including phenoxy) is 1. The summed E-state index contributed by atoms with van der Waals surface area (Å²) in [6.45, 7) is 0. The van der Waals surface area contributed by atoms with Gasteiger partial charge in [-0.3, -0.25) is 5.01 Å². The van der Waals surface area contributed by atoms with Crippen molar-refractivity contribution in [2.24, 2.45) is 5.10 Å². The Morgan fingerprint density at radius 3 is 2.28 bits per heavy atom. The number of methoxy groups -OCH3 is 1. The van der Waals surface area contributed by atoms with E-state index in [0.717, 1.165) is 23.6 Å². The van der Waals surface area contributed by atoms with E-state index in [2.05, 4.69) is 83.9 Å². The van der Waals surface area contributed by atoms with E-state index in [0.29, 0.717) is 0 Å². The maximum Gasteiger partial charge on any atom is 0.118 e. The third-order valence-electron chi connectivity index (χ3n) is 5.51. The maximum atomic E-state index is 5.33. The van der Waals surface area contributed by atoms with Gasteiger partial charge in [-0.05, 0) is 52.2 Å². The van der Waals surface area contributed by atoms with Gasteiger partial charge >= 0.3 is 0 Å². The van der Waals surface area contributed by atoms with Gasteiger partial charge in [-0.25, -0.2) is 0 Å². The minimum Gasteiger partial charge on any atom is -0.497 e. The highest BCUT2D eigenvalue weighted by Gasteiger charge is 2.29. The summed E-state index contributed by atoms with van der Waals surface area (Å²) in [5, 5.41) is 9.69. The van der Waals surface area contributed by atoms with Gasteiger partial charge < -0.3 is 4.74 Å². The minimum absolute atomic E-state index is 0.157. The van der Waals surface area contributed by atoms with Crippen LogP contribution in [0.3, 0.4) is 0 Å². The molecule has 142 valence electrons. The molecule has 0 radical (unpaired) electrons. The topological polar surface area (TPSA) is 24.8 Å². The zero-order chi connectivity index (χ0) is 19.6. The van der Waals surface area contributed by atoms with E-state index in [1.54, 1.807) is 7.11 Å². The number of hydrazone groups is 1. The number of hydrogen-bond acceptors (Lipinski definition) is 3. The van der Waals surface area contributed by atoms with Crippen molar-refractivity contribution >= 4 is 22.2 Å². The number of rotatable bonds is 4. The van der Waals surface area contributed by atoms with Gasteiger partial charge in [-0.1, -0.05) is 66.7 Å². The highest BCUT2D eigenvalue weighted by molar-refractivity contribution is 6.05. The van der Waals surface area contributed by atoms with Crippen molar-refractivity contribution < 1.29 is 4.74 Å². The quantitative estimate of drug-likeness (QED) is 0.422. The zero-order valence-corrected chi connectivity index (χ0v) is 16.3. The lowest BCUT2D eigenvalue weighted by Crippen LogP contribution is -2.18. The summed E-state index contributed by atoms with van der Waals surface area (Å²) in [6, 6.07) is 33.9. The van der Waals surface area contributed by atoms with Crippen LogP contribution in [0.2, 0.25) is 0 Å². The van der Waals surface area contributed by atoms with Crippen LogP contribution >= 0.6 is 0 Å². The average molecular weight is 378 g/mol. The minimum atomic E-state index is 0.157. The van der Waals surface area contributed by atoms with Crippen LogP contribution in [0.4, 0.5) is 5.69 Å². The first kappa shape index (κ1) is 17.5. The lowest BCUT2D eigenvalue weighted by molar-refractivity contribution is 0.414. The highest BCUT2D eigenvalue weighted by atomic mass is 16.5. The molecule has 1 aliphatic heterocycles. The second-order valence-electron chi connectivity index (χ2n) is 7.28. The summed E-state index contributed by atoms with van der Waals surface area (Å²) in [7, 11) is 1.70. The maximum absolute atomic E-state index is 5.33. The van der Waals surface area contributed by atoms with Crippen molar-refractivity contribution in [1.29, 1.82) is 0 Å². The van der Waals surface area contributed by atoms with Gasteiger partial charge in [0.25, 0.3) is 0 Å². The monoisotopic (exact) mass is 378 g/mol. The summed E-state index contributed by atoms with van der Waals surface area (Å²) < 4.78 is 5.33. The van der Waals surface area contributed by atoms with Crippen molar-refractivity contribution in [2.75, 3.05) is 12.1 Å². The molecule has 0 bridgehead atoms. The number of para-hydroxylation sites is 1. The molecule has 3 heteroatoms. The van der Waals surface area contributed by atoms with Crippen molar-refractivity contribution in [3.05, 3.63) is 108 Å². The van der Waals surface area contributed by atoms with E-state index in [-0.39, 0.29) is 6.04 Å². The molecule has 4 aromatic carbocycles. The first-order valence-corrected chi connectivity index (χ1v) is 9.87. The Hall–Kier alpha value is -3.59. The first-order valence-electron chi connectivity index (χ1n) is 9.87. The van der Waals surface area contributed by atoms with Crippen LogP contribution in [0.1, 0.15) is 23.6 Å². The van der Waals surface area contributed by atoms with Crippen molar-refractivity contribution in [1.82, 2.24) is 0 Å². The molecule has 0 fully saturated rings. The van der Waals surface area contributed by atoms with Gasteiger partial charge in [-0.2, -0.15) is 5.10 Å². The van der Waals surface area contributed by atoms with Crippen LogP contribution in [0.25, 0.3) is 10.8 Å². The summed E-state index contributed by atoms with van der Waals surface area (Å²) in [6.07, 6.45) is 0.861. The molecule has 0 saturated heterocycles. The van der Waals surface area contributed by atoms with Gasteiger partial charge in [-0.15, -0.1) is 0 Å². The molecule has 3 nitrogen and oxygen atoms in total. The van der Waals surface area contributed by atoms with Gasteiger partial charge in [0, 0.05) is 6.42 Å². The highest BCUT2D eigenvalue weighted by Crippen LogP contribution is 2.37. The molecule has 0 N–H and O–H groups in total. The summed E-state index contributed by atoms with van der Waals surface area (Å²) >= 11 is 0. The summed E-state index contributed by atoms with van der Waals surface area (Å²) in [4.78, 5) is 0. The molecule has 0 unspecified atom stereocenters. The van der Waals surface area contributed by atoms with Crippen molar-refractivity contribution in [3.63, 3.8) is 0 Å². The Kier molecular flexibility index (Phi) is 4.49. The van der Waals surface area contributed by atoms with E-state index in [9.17, 15) is 0 Å².